The van der Waals surface area contributed by atoms with E-state index in [1.807, 2.05) is 71.5 Å². The normalized spacial score (nSPS) is 17.5. The van der Waals surface area contributed by atoms with Crippen molar-refractivity contribution in [3.05, 3.63) is 148 Å². The largest absolute Gasteiger partial charge is 0.477 e. The van der Waals surface area contributed by atoms with Crippen LogP contribution in [0.25, 0.3) is 0 Å². The summed E-state index contributed by atoms with van der Waals surface area (Å²) in [6.45, 7) is 0. The number of nitrogens with zero attached hydrogens (tertiary/aromatic N) is 4. The molecule has 9 nitrogen and oxygen atoms in total. The summed E-state index contributed by atoms with van der Waals surface area (Å²) in [5.41, 5.74) is 3.47. The van der Waals surface area contributed by atoms with Gasteiger partial charge in [-0.3, -0.25) is 19.2 Å². The molecule has 2 N–H and O–H groups in total. The number of aryl methyl sites for hydroxylation is 1. The highest BCUT2D eigenvalue weighted by Crippen LogP contribution is 2.44. The zero-order valence-electron chi connectivity index (χ0n) is 25.6. The zero-order valence-corrected chi connectivity index (χ0v) is 28.1. The second kappa shape index (κ2) is 15.0. The zero-order chi connectivity index (χ0) is 33.5. The number of allylic oxidation sites excluding steroid dienone is 1. The molecule has 4 aromatic rings. The summed E-state index contributed by atoms with van der Waals surface area (Å²) in [4.78, 5) is 39.6. The summed E-state index contributed by atoms with van der Waals surface area (Å²) in [6.07, 6.45) is 5.83. The molecule has 2 amide bonds. The summed E-state index contributed by atoms with van der Waals surface area (Å²) in [5, 5.41) is 27.3. The van der Waals surface area contributed by atoms with Crippen molar-refractivity contribution >= 4 is 53.1 Å². The lowest BCUT2D eigenvalue weighted by atomic mass is 9.77. The van der Waals surface area contributed by atoms with Gasteiger partial charge in [-0.25, -0.2) is 4.79 Å². The molecule has 48 heavy (non-hydrogen) atoms. The first-order chi connectivity index (χ1) is 23.4. The molecule has 0 aliphatic carbocycles. The van der Waals surface area contributed by atoms with Crippen LogP contribution < -0.4 is 5.32 Å². The number of aliphatic carboxylic acids is 1. The van der Waals surface area contributed by atoms with E-state index in [-0.39, 0.29) is 17.4 Å². The van der Waals surface area contributed by atoms with E-state index < -0.39 is 28.8 Å². The second-order valence-electron chi connectivity index (χ2n) is 11.0. The molecule has 6 rings (SSSR count). The van der Waals surface area contributed by atoms with Gasteiger partial charge in [0.25, 0.3) is 5.91 Å². The number of aromatic nitrogens is 2. The third kappa shape index (κ3) is 6.54. The minimum atomic E-state index is -1.16. The summed E-state index contributed by atoms with van der Waals surface area (Å²) in [7, 11) is 0. The van der Waals surface area contributed by atoms with Gasteiger partial charge in [0, 0.05) is 28.7 Å². The Morgan fingerprint density at radius 3 is 2.19 bits per heavy atom. The first kappa shape index (κ1) is 33.2. The number of carboxylic acid groups (broad SMARTS) is 1. The Morgan fingerprint density at radius 1 is 1.02 bits per heavy atom. The van der Waals surface area contributed by atoms with Crippen LogP contribution in [0.15, 0.2) is 125 Å². The van der Waals surface area contributed by atoms with Gasteiger partial charge in [-0.05, 0) is 34.1 Å². The number of amides is 2. The molecule has 12 heteroatoms. The quantitative estimate of drug-likeness (QED) is 0.107. The molecule has 1 fully saturated rings. The third-order valence-electron chi connectivity index (χ3n) is 8.13. The average Bonchev–Trinajstić information content (AvgIpc) is 3.59. The number of hydrogen-bond acceptors (Lipinski definition) is 8. The van der Waals surface area contributed by atoms with Gasteiger partial charge in [0.15, 0.2) is 0 Å². The number of fused-ring (bicyclic) bond motifs is 1. The smallest absolute Gasteiger partial charge is 0.353 e. The number of hydrogen-bond donors (Lipinski definition) is 2. The summed E-state index contributed by atoms with van der Waals surface area (Å²) in [5.74, 6) is -0.877. The van der Waals surface area contributed by atoms with Gasteiger partial charge in [0.05, 0.1) is 18.0 Å². The number of nitriles is 1. The van der Waals surface area contributed by atoms with Crippen LogP contribution in [0.1, 0.15) is 22.3 Å². The van der Waals surface area contributed by atoms with Crippen molar-refractivity contribution in [2.45, 2.75) is 23.4 Å². The van der Waals surface area contributed by atoms with E-state index in [1.54, 1.807) is 0 Å². The van der Waals surface area contributed by atoms with Crippen molar-refractivity contribution in [3.8, 4) is 6.07 Å². The topological polar surface area (TPSA) is 128 Å². The fourth-order valence-corrected chi connectivity index (χ4v) is 9.14. The number of carbonyl (C=O) groups excluding carboxylic acids is 2. The molecule has 2 aliphatic heterocycles. The number of β-lactam (4-membered cyclic amide) rings is 1. The Labute approximate surface area is 291 Å². The van der Waals surface area contributed by atoms with Gasteiger partial charge in [0.1, 0.15) is 22.7 Å². The van der Waals surface area contributed by atoms with Crippen molar-refractivity contribution in [1.29, 1.82) is 5.26 Å². The van der Waals surface area contributed by atoms with Crippen LogP contribution in [0.2, 0.25) is 0 Å². The van der Waals surface area contributed by atoms with Crippen LogP contribution in [-0.4, -0.2) is 66.2 Å². The molecule has 0 unspecified atom stereocenters. The molecule has 0 radical (unpaired) electrons. The molecular formula is C36H31N5O4S3. The molecule has 0 bridgehead atoms. The Bertz CT molecular complexity index is 1790. The van der Waals surface area contributed by atoms with E-state index in [0.717, 1.165) is 34.0 Å². The van der Waals surface area contributed by atoms with Gasteiger partial charge < -0.3 is 10.4 Å². The van der Waals surface area contributed by atoms with Gasteiger partial charge in [-0.2, -0.15) is 10.4 Å². The van der Waals surface area contributed by atoms with E-state index in [1.165, 1.54) is 39.9 Å². The minimum absolute atomic E-state index is 0.0162. The summed E-state index contributed by atoms with van der Waals surface area (Å²) in [6, 6.07) is 32.0. The standard InChI is InChI=1S/C36H31N5O4S3/c37-18-10-19-46-24-30(42)39-31-33(43)41-32(35(44)45)29(23-48-34(31)41)47-20-17-25-21-38-40(22-25)36(26-11-4-1-5-12-26,27-13-6-2-7-14-27)28-15-8-3-9-16-28/h1-16,19,21-22,31,34H,17,20,23-24H2,(H,39,42)(H,44,45)/t31-,34+/m1/s1. The lowest BCUT2D eigenvalue weighted by Crippen LogP contribution is -2.70. The molecule has 3 aromatic carbocycles. The van der Waals surface area contributed by atoms with Crippen molar-refractivity contribution in [2.24, 2.45) is 0 Å². The fraction of sp³-hybridized carbons (Fsp3) is 0.194. The highest BCUT2D eigenvalue weighted by atomic mass is 32.2. The Kier molecular flexibility index (Phi) is 10.4. The lowest BCUT2D eigenvalue weighted by Gasteiger charge is -2.49. The second-order valence-corrected chi connectivity index (χ2v) is 14.2. The Hall–Kier alpha value is -4.70. The van der Waals surface area contributed by atoms with Crippen LogP contribution in [0.4, 0.5) is 0 Å². The predicted molar refractivity (Wildman–Crippen MR) is 190 cm³/mol. The van der Waals surface area contributed by atoms with E-state index in [0.29, 0.717) is 22.8 Å². The summed E-state index contributed by atoms with van der Waals surface area (Å²) < 4.78 is 2.02. The maximum Gasteiger partial charge on any atom is 0.353 e. The fourth-order valence-electron chi connectivity index (χ4n) is 6.02. The van der Waals surface area contributed by atoms with Gasteiger partial charge in [-0.15, -0.1) is 35.3 Å². The maximum absolute atomic E-state index is 13.0. The first-order valence-electron chi connectivity index (χ1n) is 15.1. The third-order valence-corrected chi connectivity index (χ3v) is 11.4. The Morgan fingerprint density at radius 2 is 1.62 bits per heavy atom. The number of rotatable bonds is 13. The van der Waals surface area contributed by atoms with Gasteiger partial charge >= 0.3 is 5.97 Å². The molecule has 2 aliphatic rings. The van der Waals surface area contributed by atoms with Crippen molar-refractivity contribution in [2.75, 3.05) is 17.3 Å². The number of carboxylic acids is 1. The van der Waals surface area contributed by atoms with Crippen molar-refractivity contribution < 1.29 is 19.5 Å². The highest BCUT2D eigenvalue weighted by Gasteiger charge is 2.54. The Balaban J connectivity index is 1.20. The molecular weight excluding hydrogens is 663 g/mol. The minimum Gasteiger partial charge on any atom is -0.477 e. The van der Waals surface area contributed by atoms with E-state index in [4.69, 9.17) is 10.4 Å². The van der Waals surface area contributed by atoms with Gasteiger partial charge in [0.2, 0.25) is 5.91 Å². The van der Waals surface area contributed by atoms with Crippen LogP contribution in [0.3, 0.4) is 0 Å². The van der Waals surface area contributed by atoms with E-state index >= 15 is 0 Å². The summed E-state index contributed by atoms with van der Waals surface area (Å²) >= 11 is 4.02. The van der Waals surface area contributed by atoms with E-state index in [9.17, 15) is 19.5 Å². The molecule has 1 aromatic heterocycles. The van der Waals surface area contributed by atoms with Crippen molar-refractivity contribution in [3.63, 3.8) is 0 Å². The molecule has 2 atom stereocenters. The SMILES string of the molecule is N#CC=CSCC(=O)N[C@@H]1C(=O)N2C(C(=O)O)=C(SCCc3cnn(C(c4ccccc4)(c4ccccc4)c4ccccc4)c3)CS[C@@H]12. The number of benzene rings is 3. The molecule has 3 heterocycles. The monoisotopic (exact) mass is 693 g/mol. The van der Waals surface area contributed by atoms with E-state index in [2.05, 4.69) is 47.9 Å². The van der Waals surface area contributed by atoms with Gasteiger partial charge in [-0.1, -0.05) is 91.0 Å². The molecule has 0 spiro atoms. The maximum atomic E-state index is 13.0. The van der Waals surface area contributed by atoms with Crippen LogP contribution >= 0.6 is 35.3 Å². The van der Waals surface area contributed by atoms with Crippen LogP contribution in [0, 0.1) is 11.3 Å². The average molecular weight is 694 g/mol. The van der Waals surface area contributed by atoms with Crippen LogP contribution in [-0.2, 0) is 26.3 Å². The lowest BCUT2D eigenvalue weighted by molar-refractivity contribution is -0.150. The predicted octanol–water partition coefficient (Wildman–Crippen LogP) is 5.47. The van der Waals surface area contributed by atoms with Crippen LogP contribution in [0.5, 0.6) is 0 Å². The first-order valence-corrected chi connectivity index (χ1v) is 18.2. The number of carbonyl (C=O) groups is 3. The number of nitrogens with one attached hydrogen (secondary N) is 1. The molecule has 1 saturated heterocycles. The molecule has 242 valence electrons. The van der Waals surface area contributed by atoms with Crippen molar-refractivity contribution in [1.82, 2.24) is 20.0 Å². The molecule has 0 saturated carbocycles. The highest BCUT2D eigenvalue weighted by molar-refractivity contribution is 8.06. The number of thioether (sulfide) groups is 3.